The van der Waals surface area contributed by atoms with E-state index < -0.39 is 15.8 Å². The summed E-state index contributed by atoms with van der Waals surface area (Å²) in [5.41, 5.74) is 5.32. The molecule has 114 valence electrons. The fourth-order valence-electron chi connectivity index (χ4n) is 1.73. The van der Waals surface area contributed by atoms with Gasteiger partial charge in [0.05, 0.1) is 10.6 Å². The molecule has 0 saturated carbocycles. The predicted molar refractivity (Wildman–Crippen MR) is 78.4 cm³/mol. The Balaban J connectivity index is 3.05. The first-order valence-corrected chi connectivity index (χ1v) is 7.93. The standard InChI is InChI=1S/C13H22FN3O2S/c1-4-7-17(9-8-16(2)3)20(18,19)11-5-6-13(15)12(14)10-11/h5-6,10H,4,7-9,15H2,1-3H3. The summed E-state index contributed by atoms with van der Waals surface area (Å²) in [5.74, 6) is -0.713. The number of sulfonamides is 1. The van der Waals surface area contributed by atoms with Gasteiger partial charge in [0.2, 0.25) is 10.0 Å². The molecule has 0 saturated heterocycles. The second-order valence-corrected chi connectivity index (χ2v) is 6.83. The zero-order valence-electron chi connectivity index (χ0n) is 12.1. The van der Waals surface area contributed by atoms with Crippen LogP contribution in [0.5, 0.6) is 0 Å². The molecule has 0 fully saturated rings. The second kappa shape index (κ2) is 7.01. The smallest absolute Gasteiger partial charge is 0.243 e. The molecule has 1 rings (SSSR count). The van der Waals surface area contributed by atoms with Crippen LogP contribution in [0, 0.1) is 5.82 Å². The molecule has 0 bridgehead atoms. The molecule has 0 aliphatic heterocycles. The topological polar surface area (TPSA) is 66.6 Å². The summed E-state index contributed by atoms with van der Waals surface area (Å²) >= 11 is 0. The van der Waals surface area contributed by atoms with Crippen molar-refractivity contribution < 1.29 is 12.8 Å². The first-order chi connectivity index (χ1) is 9.28. The van der Waals surface area contributed by atoms with Crippen molar-refractivity contribution in [2.75, 3.05) is 39.5 Å². The Kier molecular flexibility index (Phi) is 5.91. The van der Waals surface area contributed by atoms with E-state index in [-0.39, 0.29) is 10.6 Å². The minimum absolute atomic E-state index is 0.0562. The predicted octanol–water partition coefficient (Wildman–Crippen LogP) is 1.37. The van der Waals surface area contributed by atoms with Crippen LogP contribution in [0.2, 0.25) is 0 Å². The van der Waals surface area contributed by atoms with Crippen LogP contribution >= 0.6 is 0 Å². The normalized spacial score (nSPS) is 12.3. The number of likely N-dealkylation sites (N-methyl/N-ethyl adjacent to an activating group) is 1. The highest BCUT2D eigenvalue weighted by atomic mass is 32.2. The molecule has 0 spiro atoms. The first kappa shape index (κ1) is 16.9. The van der Waals surface area contributed by atoms with Crippen LogP contribution in [0.1, 0.15) is 13.3 Å². The van der Waals surface area contributed by atoms with Gasteiger partial charge in [-0.3, -0.25) is 0 Å². The van der Waals surface area contributed by atoms with Crippen LogP contribution in [0.25, 0.3) is 0 Å². The van der Waals surface area contributed by atoms with Gasteiger partial charge in [0, 0.05) is 19.6 Å². The Hall–Kier alpha value is -1.18. The molecule has 0 aromatic heterocycles. The van der Waals surface area contributed by atoms with Crippen LogP contribution in [0.3, 0.4) is 0 Å². The van der Waals surface area contributed by atoms with Crippen LogP contribution < -0.4 is 5.73 Å². The van der Waals surface area contributed by atoms with E-state index in [2.05, 4.69) is 0 Å². The van der Waals surface area contributed by atoms with Crippen molar-refractivity contribution in [3.8, 4) is 0 Å². The molecule has 0 heterocycles. The maximum Gasteiger partial charge on any atom is 0.243 e. The summed E-state index contributed by atoms with van der Waals surface area (Å²) in [5, 5.41) is 0. The number of nitrogens with zero attached hydrogens (tertiary/aromatic N) is 2. The fraction of sp³-hybridized carbons (Fsp3) is 0.538. The molecule has 5 nitrogen and oxygen atoms in total. The van der Waals surface area contributed by atoms with E-state index in [0.717, 1.165) is 6.07 Å². The number of benzene rings is 1. The maximum atomic E-state index is 13.5. The van der Waals surface area contributed by atoms with E-state index in [0.29, 0.717) is 26.1 Å². The van der Waals surface area contributed by atoms with Gasteiger partial charge in [-0.05, 0) is 38.7 Å². The van der Waals surface area contributed by atoms with E-state index in [4.69, 9.17) is 5.73 Å². The van der Waals surface area contributed by atoms with Crippen molar-refractivity contribution in [3.05, 3.63) is 24.0 Å². The molecule has 0 radical (unpaired) electrons. The summed E-state index contributed by atoms with van der Waals surface area (Å²) in [6.07, 6.45) is 0.699. The zero-order chi connectivity index (χ0) is 15.3. The Bertz CT molecular complexity index is 547. The lowest BCUT2D eigenvalue weighted by Gasteiger charge is -2.23. The molecule has 2 N–H and O–H groups in total. The van der Waals surface area contributed by atoms with Gasteiger partial charge in [-0.1, -0.05) is 6.92 Å². The minimum Gasteiger partial charge on any atom is -0.396 e. The fourth-order valence-corrected chi connectivity index (χ4v) is 3.27. The van der Waals surface area contributed by atoms with Gasteiger partial charge >= 0.3 is 0 Å². The molecule has 7 heteroatoms. The lowest BCUT2D eigenvalue weighted by Crippen LogP contribution is -2.37. The van der Waals surface area contributed by atoms with E-state index in [1.165, 1.54) is 16.4 Å². The lowest BCUT2D eigenvalue weighted by molar-refractivity contribution is 0.333. The van der Waals surface area contributed by atoms with Crippen molar-refractivity contribution in [1.82, 2.24) is 9.21 Å². The summed E-state index contributed by atoms with van der Waals surface area (Å²) in [7, 11) is 0.0622. The van der Waals surface area contributed by atoms with Crippen LogP contribution in [-0.4, -0.2) is 51.4 Å². The Morgan fingerprint density at radius 3 is 2.35 bits per heavy atom. The summed E-state index contributed by atoms with van der Waals surface area (Å²) in [4.78, 5) is 1.85. The summed E-state index contributed by atoms with van der Waals surface area (Å²) < 4.78 is 39.8. The SMILES string of the molecule is CCCN(CCN(C)C)S(=O)(=O)c1ccc(N)c(F)c1. The number of nitrogen functional groups attached to an aromatic ring is 1. The molecule has 0 unspecified atom stereocenters. The van der Waals surface area contributed by atoms with Gasteiger partial charge in [-0.15, -0.1) is 0 Å². The quantitative estimate of drug-likeness (QED) is 0.773. The van der Waals surface area contributed by atoms with Crippen LogP contribution in [0.4, 0.5) is 10.1 Å². The summed E-state index contributed by atoms with van der Waals surface area (Å²) in [6, 6.07) is 3.59. The monoisotopic (exact) mass is 303 g/mol. The molecular weight excluding hydrogens is 281 g/mol. The third-order valence-corrected chi connectivity index (χ3v) is 4.77. The van der Waals surface area contributed by atoms with Gasteiger partial charge < -0.3 is 10.6 Å². The van der Waals surface area contributed by atoms with Crippen molar-refractivity contribution in [2.45, 2.75) is 18.2 Å². The highest BCUT2D eigenvalue weighted by Gasteiger charge is 2.24. The van der Waals surface area contributed by atoms with Crippen LogP contribution in [0.15, 0.2) is 23.1 Å². The minimum atomic E-state index is -3.69. The number of nitrogens with two attached hydrogens (primary N) is 1. The number of halogens is 1. The molecule has 0 aliphatic carbocycles. The molecule has 0 amide bonds. The molecule has 0 atom stereocenters. The van der Waals surface area contributed by atoms with E-state index in [1.807, 2.05) is 25.9 Å². The second-order valence-electron chi connectivity index (χ2n) is 4.89. The van der Waals surface area contributed by atoms with Crippen LogP contribution in [-0.2, 0) is 10.0 Å². The number of rotatable bonds is 7. The molecule has 1 aromatic rings. The van der Waals surface area contributed by atoms with Crippen molar-refractivity contribution in [2.24, 2.45) is 0 Å². The Morgan fingerprint density at radius 1 is 1.20 bits per heavy atom. The highest BCUT2D eigenvalue weighted by molar-refractivity contribution is 7.89. The van der Waals surface area contributed by atoms with Gasteiger partial charge in [0.25, 0.3) is 0 Å². The Labute approximate surface area is 120 Å². The zero-order valence-corrected chi connectivity index (χ0v) is 13.0. The number of anilines is 1. The average Bonchev–Trinajstić information content (AvgIpc) is 2.37. The third-order valence-electron chi connectivity index (χ3n) is 2.88. The van der Waals surface area contributed by atoms with Gasteiger partial charge in [-0.25, -0.2) is 12.8 Å². The average molecular weight is 303 g/mol. The van der Waals surface area contributed by atoms with Crippen molar-refractivity contribution in [3.63, 3.8) is 0 Å². The molecular formula is C13H22FN3O2S. The molecule has 0 aliphatic rings. The first-order valence-electron chi connectivity index (χ1n) is 6.49. The number of hydrogen-bond donors (Lipinski definition) is 1. The third kappa shape index (κ3) is 4.16. The van der Waals surface area contributed by atoms with Gasteiger partial charge in [0.15, 0.2) is 0 Å². The van der Waals surface area contributed by atoms with E-state index in [9.17, 15) is 12.8 Å². The summed E-state index contributed by atoms with van der Waals surface area (Å²) in [6.45, 7) is 3.29. The molecule has 1 aromatic carbocycles. The largest absolute Gasteiger partial charge is 0.396 e. The molecule has 20 heavy (non-hydrogen) atoms. The Morgan fingerprint density at radius 2 is 1.85 bits per heavy atom. The van der Waals surface area contributed by atoms with Gasteiger partial charge in [-0.2, -0.15) is 4.31 Å². The number of hydrogen-bond acceptors (Lipinski definition) is 4. The van der Waals surface area contributed by atoms with Gasteiger partial charge in [0.1, 0.15) is 5.82 Å². The van der Waals surface area contributed by atoms with Crippen molar-refractivity contribution in [1.29, 1.82) is 0 Å². The van der Waals surface area contributed by atoms with E-state index in [1.54, 1.807) is 0 Å². The van der Waals surface area contributed by atoms with Crippen molar-refractivity contribution >= 4 is 15.7 Å². The highest BCUT2D eigenvalue weighted by Crippen LogP contribution is 2.20. The lowest BCUT2D eigenvalue weighted by atomic mass is 10.3. The maximum absolute atomic E-state index is 13.5. The van der Waals surface area contributed by atoms with E-state index >= 15 is 0 Å².